The number of rotatable bonds is 6. The minimum absolute atomic E-state index is 0.000260. The van der Waals surface area contributed by atoms with Gasteiger partial charge in [-0.3, -0.25) is 4.79 Å². The Morgan fingerprint density at radius 1 is 1.17 bits per heavy atom. The molecule has 0 saturated heterocycles. The minimum atomic E-state index is -2.91. The first-order valence-electron chi connectivity index (χ1n) is 6.68. The molecule has 122 valence electrons. The van der Waals surface area contributed by atoms with Gasteiger partial charge in [0.1, 0.15) is 11.6 Å². The van der Waals surface area contributed by atoms with Gasteiger partial charge in [0.25, 0.3) is 0 Å². The molecule has 0 bridgehead atoms. The molecule has 0 heterocycles. The monoisotopic (exact) mass is 387 g/mol. The SMILES string of the molecule is O=C(Cc1cccc(OC(F)F)c1)NCc1ccc(Br)c(F)c1. The highest BCUT2D eigenvalue weighted by Crippen LogP contribution is 2.17. The molecule has 0 saturated carbocycles. The third-order valence-electron chi connectivity index (χ3n) is 2.96. The molecule has 0 fully saturated rings. The maximum atomic E-state index is 13.4. The van der Waals surface area contributed by atoms with E-state index in [1.54, 1.807) is 18.2 Å². The van der Waals surface area contributed by atoms with Crippen molar-refractivity contribution in [2.75, 3.05) is 0 Å². The number of hydrogen-bond acceptors (Lipinski definition) is 2. The van der Waals surface area contributed by atoms with Crippen LogP contribution >= 0.6 is 15.9 Å². The Balaban J connectivity index is 1.90. The molecule has 0 aliphatic carbocycles. The number of carbonyl (C=O) groups is 1. The lowest BCUT2D eigenvalue weighted by Gasteiger charge is -2.08. The lowest BCUT2D eigenvalue weighted by Crippen LogP contribution is -2.24. The van der Waals surface area contributed by atoms with Crippen LogP contribution in [0.3, 0.4) is 0 Å². The van der Waals surface area contributed by atoms with Crippen molar-refractivity contribution in [1.29, 1.82) is 0 Å². The average molecular weight is 388 g/mol. The van der Waals surface area contributed by atoms with E-state index >= 15 is 0 Å². The van der Waals surface area contributed by atoms with E-state index in [1.807, 2.05) is 0 Å². The summed E-state index contributed by atoms with van der Waals surface area (Å²) in [6, 6.07) is 10.5. The molecule has 23 heavy (non-hydrogen) atoms. The van der Waals surface area contributed by atoms with Crippen LogP contribution in [0.2, 0.25) is 0 Å². The van der Waals surface area contributed by atoms with E-state index < -0.39 is 12.4 Å². The molecule has 0 aliphatic rings. The Morgan fingerprint density at radius 2 is 1.96 bits per heavy atom. The summed E-state index contributed by atoms with van der Waals surface area (Å²) in [5, 5.41) is 2.64. The van der Waals surface area contributed by atoms with Gasteiger partial charge in [0.05, 0.1) is 10.9 Å². The topological polar surface area (TPSA) is 38.3 Å². The second-order valence-corrected chi connectivity index (χ2v) is 5.58. The van der Waals surface area contributed by atoms with E-state index in [4.69, 9.17) is 0 Å². The first kappa shape index (κ1) is 17.3. The first-order chi connectivity index (χ1) is 10.9. The highest BCUT2D eigenvalue weighted by atomic mass is 79.9. The van der Waals surface area contributed by atoms with Crippen LogP contribution in [0.1, 0.15) is 11.1 Å². The molecule has 0 aliphatic heterocycles. The fourth-order valence-electron chi connectivity index (χ4n) is 1.93. The Labute approximate surface area is 139 Å². The maximum Gasteiger partial charge on any atom is 0.387 e. The summed E-state index contributed by atoms with van der Waals surface area (Å²) in [5.74, 6) is -0.712. The van der Waals surface area contributed by atoms with Gasteiger partial charge in [-0.2, -0.15) is 8.78 Å². The Morgan fingerprint density at radius 3 is 2.65 bits per heavy atom. The van der Waals surface area contributed by atoms with Gasteiger partial charge >= 0.3 is 6.61 Å². The fraction of sp³-hybridized carbons (Fsp3) is 0.188. The summed E-state index contributed by atoms with van der Waals surface area (Å²) in [6.45, 7) is -2.73. The zero-order chi connectivity index (χ0) is 16.8. The van der Waals surface area contributed by atoms with Crippen LogP contribution in [0, 0.1) is 5.82 Å². The molecule has 0 aromatic heterocycles. The van der Waals surface area contributed by atoms with Gasteiger partial charge in [-0.25, -0.2) is 4.39 Å². The second-order valence-electron chi connectivity index (χ2n) is 4.73. The molecular weight excluding hydrogens is 375 g/mol. The average Bonchev–Trinajstić information content (AvgIpc) is 2.48. The van der Waals surface area contributed by atoms with Crippen LogP contribution in [-0.4, -0.2) is 12.5 Å². The molecule has 1 amide bonds. The summed E-state index contributed by atoms with van der Waals surface area (Å²) >= 11 is 3.05. The number of amides is 1. The third kappa shape index (κ3) is 5.59. The van der Waals surface area contributed by atoms with Crippen molar-refractivity contribution in [3.63, 3.8) is 0 Å². The van der Waals surface area contributed by atoms with Gasteiger partial charge in [-0.05, 0) is 51.3 Å². The lowest BCUT2D eigenvalue weighted by atomic mass is 10.1. The lowest BCUT2D eigenvalue weighted by molar-refractivity contribution is -0.120. The predicted octanol–water partition coefficient (Wildman–Crippen LogP) is 4.05. The van der Waals surface area contributed by atoms with Gasteiger partial charge in [0.2, 0.25) is 5.91 Å². The molecule has 0 unspecified atom stereocenters. The molecule has 1 N–H and O–H groups in total. The number of benzene rings is 2. The molecule has 0 radical (unpaired) electrons. The Kier molecular flexibility index (Phi) is 6.04. The number of carbonyl (C=O) groups excluding carboxylic acids is 1. The van der Waals surface area contributed by atoms with Crippen LogP contribution in [0.15, 0.2) is 46.9 Å². The summed E-state index contributed by atoms with van der Waals surface area (Å²) in [7, 11) is 0. The van der Waals surface area contributed by atoms with Gasteiger partial charge in [0, 0.05) is 6.54 Å². The van der Waals surface area contributed by atoms with Crippen LogP contribution in [-0.2, 0) is 17.8 Å². The van der Waals surface area contributed by atoms with Crippen molar-refractivity contribution in [3.05, 3.63) is 63.9 Å². The van der Waals surface area contributed by atoms with Crippen molar-refractivity contribution in [2.45, 2.75) is 19.6 Å². The molecule has 2 aromatic rings. The fourth-order valence-corrected chi connectivity index (χ4v) is 2.18. The van der Waals surface area contributed by atoms with E-state index in [9.17, 15) is 18.0 Å². The van der Waals surface area contributed by atoms with E-state index in [-0.39, 0.29) is 24.6 Å². The van der Waals surface area contributed by atoms with E-state index in [0.29, 0.717) is 15.6 Å². The molecule has 2 aromatic carbocycles. The summed E-state index contributed by atoms with van der Waals surface area (Å²) in [4.78, 5) is 11.9. The normalized spacial score (nSPS) is 10.7. The number of alkyl halides is 2. The van der Waals surface area contributed by atoms with Gasteiger partial charge < -0.3 is 10.1 Å². The van der Waals surface area contributed by atoms with Crippen LogP contribution in [0.4, 0.5) is 13.2 Å². The standard InChI is InChI=1S/C16H13BrF3NO2/c17-13-5-4-11(7-14(13)18)9-21-15(22)8-10-2-1-3-12(6-10)23-16(19)20/h1-7,16H,8-9H2,(H,21,22). The summed E-state index contributed by atoms with van der Waals surface area (Å²) in [5.41, 5.74) is 1.16. The highest BCUT2D eigenvalue weighted by molar-refractivity contribution is 9.10. The van der Waals surface area contributed by atoms with Crippen LogP contribution in [0.5, 0.6) is 5.75 Å². The van der Waals surface area contributed by atoms with Crippen molar-refractivity contribution in [1.82, 2.24) is 5.32 Å². The van der Waals surface area contributed by atoms with Crippen molar-refractivity contribution < 1.29 is 22.7 Å². The van der Waals surface area contributed by atoms with E-state index in [2.05, 4.69) is 26.0 Å². The maximum absolute atomic E-state index is 13.4. The number of ether oxygens (including phenoxy) is 1. The molecule has 3 nitrogen and oxygen atoms in total. The van der Waals surface area contributed by atoms with Gasteiger partial charge in [0.15, 0.2) is 0 Å². The molecule has 2 rings (SSSR count). The van der Waals surface area contributed by atoms with E-state index in [0.717, 1.165) is 0 Å². The van der Waals surface area contributed by atoms with Crippen molar-refractivity contribution in [2.24, 2.45) is 0 Å². The third-order valence-corrected chi connectivity index (χ3v) is 3.61. The summed E-state index contributed by atoms with van der Waals surface area (Å²) < 4.78 is 42.3. The molecule has 0 spiro atoms. The van der Waals surface area contributed by atoms with Crippen molar-refractivity contribution in [3.8, 4) is 5.75 Å². The van der Waals surface area contributed by atoms with Crippen molar-refractivity contribution >= 4 is 21.8 Å². The molecule has 7 heteroatoms. The number of hydrogen-bond donors (Lipinski definition) is 1. The van der Waals surface area contributed by atoms with Gasteiger partial charge in [-0.15, -0.1) is 0 Å². The molecular formula is C16H13BrF3NO2. The largest absolute Gasteiger partial charge is 0.435 e. The number of nitrogens with one attached hydrogen (secondary N) is 1. The predicted molar refractivity (Wildman–Crippen MR) is 82.7 cm³/mol. The second kappa shape index (κ2) is 8.01. The quantitative estimate of drug-likeness (QED) is 0.811. The Bertz CT molecular complexity index is 695. The highest BCUT2D eigenvalue weighted by Gasteiger charge is 2.08. The van der Waals surface area contributed by atoms with Crippen LogP contribution < -0.4 is 10.1 Å². The first-order valence-corrected chi connectivity index (χ1v) is 7.47. The zero-order valence-electron chi connectivity index (χ0n) is 11.9. The van der Waals surface area contributed by atoms with E-state index in [1.165, 1.54) is 24.3 Å². The number of halogens is 4. The Hall–Kier alpha value is -2.02. The summed E-state index contributed by atoms with van der Waals surface area (Å²) in [6.07, 6.45) is 0.0133. The van der Waals surface area contributed by atoms with Crippen LogP contribution in [0.25, 0.3) is 0 Å². The molecule has 0 atom stereocenters. The zero-order valence-corrected chi connectivity index (χ0v) is 13.4. The smallest absolute Gasteiger partial charge is 0.387 e. The van der Waals surface area contributed by atoms with Gasteiger partial charge in [-0.1, -0.05) is 18.2 Å². The minimum Gasteiger partial charge on any atom is -0.435 e.